The third kappa shape index (κ3) is 3.62. The minimum absolute atomic E-state index is 0.510. The summed E-state index contributed by atoms with van der Waals surface area (Å²) >= 11 is 2.95. The van der Waals surface area contributed by atoms with Crippen molar-refractivity contribution in [3.63, 3.8) is 0 Å². The molecule has 0 spiro atoms. The summed E-state index contributed by atoms with van der Waals surface area (Å²) in [6.07, 6.45) is 2.26. The highest BCUT2D eigenvalue weighted by Gasteiger charge is 2.17. The van der Waals surface area contributed by atoms with Crippen LogP contribution in [0.3, 0.4) is 0 Å². The molecule has 2 rings (SSSR count). The van der Waals surface area contributed by atoms with E-state index < -0.39 is 12.0 Å². The first-order valence-electron chi connectivity index (χ1n) is 5.11. The molecule has 6 heteroatoms. The number of carbonyl (C=O) groups is 1. The molecule has 0 amide bonds. The number of rotatable bonds is 6. The van der Waals surface area contributed by atoms with Gasteiger partial charge in [0.25, 0.3) is 0 Å². The number of nitrogens with zero attached hydrogens (tertiary/aromatic N) is 1. The Morgan fingerprint density at radius 2 is 2.35 bits per heavy atom. The zero-order valence-corrected chi connectivity index (χ0v) is 10.6. The Labute approximate surface area is 107 Å². The Balaban J connectivity index is 1.91. The van der Waals surface area contributed by atoms with Crippen molar-refractivity contribution in [2.24, 2.45) is 0 Å². The van der Waals surface area contributed by atoms with Gasteiger partial charge in [-0.1, -0.05) is 0 Å². The summed E-state index contributed by atoms with van der Waals surface area (Å²) in [5.41, 5.74) is 2.07. The fourth-order valence-corrected chi connectivity index (χ4v) is 2.66. The molecule has 2 aromatic rings. The van der Waals surface area contributed by atoms with Crippen molar-refractivity contribution in [2.75, 3.05) is 0 Å². The van der Waals surface area contributed by atoms with Gasteiger partial charge in [0.1, 0.15) is 6.04 Å². The molecule has 4 nitrogen and oxygen atoms in total. The normalized spacial score (nSPS) is 12.5. The minimum atomic E-state index is -0.820. The lowest BCUT2D eigenvalue weighted by molar-refractivity contribution is -0.139. The molecule has 1 atom stereocenters. The molecule has 17 heavy (non-hydrogen) atoms. The lowest BCUT2D eigenvalue weighted by atomic mass is 10.1. The lowest BCUT2D eigenvalue weighted by Gasteiger charge is -2.12. The van der Waals surface area contributed by atoms with E-state index in [9.17, 15) is 4.79 Å². The molecule has 90 valence electrons. The average molecular weight is 268 g/mol. The van der Waals surface area contributed by atoms with Crippen molar-refractivity contribution in [3.8, 4) is 0 Å². The van der Waals surface area contributed by atoms with Crippen molar-refractivity contribution >= 4 is 28.8 Å². The van der Waals surface area contributed by atoms with Gasteiger partial charge >= 0.3 is 5.97 Å². The van der Waals surface area contributed by atoms with Crippen molar-refractivity contribution < 1.29 is 9.90 Å². The molecular weight excluding hydrogens is 256 g/mol. The van der Waals surface area contributed by atoms with Gasteiger partial charge in [0.05, 0.1) is 0 Å². The number of hydrogen-bond donors (Lipinski definition) is 2. The summed E-state index contributed by atoms with van der Waals surface area (Å²) in [7, 11) is 0. The van der Waals surface area contributed by atoms with E-state index in [1.165, 1.54) is 11.5 Å². The van der Waals surface area contributed by atoms with E-state index in [-0.39, 0.29) is 0 Å². The third-order valence-corrected chi connectivity index (χ3v) is 3.72. The molecule has 0 saturated heterocycles. The summed E-state index contributed by atoms with van der Waals surface area (Å²) in [6, 6.07) is 1.40. The van der Waals surface area contributed by atoms with Crippen LogP contribution in [0.5, 0.6) is 0 Å². The molecule has 2 N–H and O–H groups in total. The van der Waals surface area contributed by atoms with Crippen LogP contribution in [0.15, 0.2) is 28.4 Å². The predicted molar refractivity (Wildman–Crippen MR) is 68.4 cm³/mol. The first-order valence-corrected chi connectivity index (χ1v) is 6.89. The molecule has 1 unspecified atom stereocenters. The maximum atomic E-state index is 11.1. The quantitative estimate of drug-likeness (QED) is 0.841. The summed E-state index contributed by atoms with van der Waals surface area (Å²) in [5.74, 6) is -0.820. The monoisotopic (exact) mass is 268 g/mol. The highest BCUT2D eigenvalue weighted by atomic mass is 32.1. The first-order chi connectivity index (χ1) is 8.25. The SMILES string of the molecule is O=C(O)C(Cc1ccsc1)NCc1cnsc1. The van der Waals surface area contributed by atoms with Gasteiger partial charge in [-0.05, 0) is 45.9 Å². The van der Waals surface area contributed by atoms with Crippen LogP contribution in [0.4, 0.5) is 0 Å². The minimum Gasteiger partial charge on any atom is -0.480 e. The Morgan fingerprint density at radius 1 is 1.47 bits per heavy atom. The van der Waals surface area contributed by atoms with Crippen LogP contribution in [0.25, 0.3) is 0 Å². The largest absolute Gasteiger partial charge is 0.480 e. The second-order valence-corrected chi connectivity index (χ2v) is 5.08. The Bertz CT molecular complexity index is 454. The topological polar surface area (TPSA) is 62.2 Å². The molecule has 0 saturated carbocycles. The molecular formula is C11H12N2O2S2. The van der Waals surface area contributed by atoms with Gasteiger partial charge in [-0.25, -0.2) is 4.37 Å². The zero-order chi connectivity index (χ0) is 12.1. The maximum absolute atomic E-state index is 11.1. The second-order valence-electron chi connectivity index (χ2n) is 3.64. The smallest absolute Gasteiger partial charge is 0.321 e. The van der Waals surface area contributed by atoms with Crippen molar-refractivity contribution in [2.45, 2.75) is 19.0 Å². The third-order valence-electron chi connectivity index (χ3n) is 2.35. The average Bonchev–Trinajstić information content (AvgIpc) is 2.97. The van der Waals surface area contributed by atoms with Gasteiger partial charge in [0, 0.05) is 18.1 Å². The molecule has 0 aliphatic heterocycles. The van der Waals surface area contributed by atoms with Crippen LogP contribution in [-0.2, 0) is 17.8 Å². The molecule has 0 aliphatic carbocycles. The van der Waals surface area contributed by atoms with Crippen molar-refractivity contribution in [1.82, 2.24) is 9.69 Å². The predicted octanol–water partition coefficient (Wildman–Crippen LogP) is 1.99. The molecule has 0 bridgehead atoms. The van der Waals surface area contributed by atoms with Gasteiger partial charge in [-0.15, -0.1) is 0 Å². The van der Waals surface area contributed by atoms with Gasteiger partial charge in [-0.2, -0.15) is 11.3 Å². The van der Waals surface area contributed by atoms with Crippen LogP contribution in [0.1, 0.15) is 11.1 Å². The standard InChI is InChI=1S/C11H12N2O2S2/c14-11(15)10(3-8-1-2-16-6-8)12-4-9-5-13-17-7-9/h1-2,5-7,10,12H,3-4H2,(H,14,15). The fraction of sp³-hybridized carbons (Fsp3) is 0.273. The molecule has 0 aliphatic rings. The molecule has 0 aromatic carbocycles. The number of carboxylic acids is 1. The molecule has 2 heterocycles. The van der Waals surface area contributed by atoms with E-state index >= 15 is 0 Å². The van der Waals surface area contributed by atoms with Crippen LogP contribution in [-0.4, -0.2) is 21.5 Å². The second kappa shape index (κ2) is 5.90. The number of aliphatic carboxylic acids is 1. The number of nitrogens with one attached hydrogen (secondary N) is 1. The zero-order valence-electron chi connectivity index (χ0n) is 9.00. The van der Waals surface area contributed by atoms with Crippen LogP contribution in [0, 0.1) is 0 Å². The summed E-state index contributed by atoms with van der Waals surface area (Å²) < 4.78 is 3.98. The van der Waals surface area contributed by atoms with E-state index in [4.69, 9.17) is 5.11 Å². The summed E-state index contributed by atoms with van der Waals surface area (Å²) in [5, 5.41) is 18.0. The van der Waals surface area contributed by atoms with E-state index in [2.05, 4.69) is 9.69 Å². The summed E-state index contributed by atoms with van der Waals surface area (Å²) in [4.78, 5) is 11.1. The van der Waals surface area contributed by atoms with Crippen LogP contribution in [0.2, 0.25) is 0 Å². The highest BCUT2D eigenvalue weighted by Crippen LogP contribution is 2.10. The Kier molecular flexibility index (Phi) is 4.24. The van der Waals surface area contributed by atoms with Gasteiger partial charge in [-0.3, -0.25) is 10.1 Å². The van der Waals surface area contributed by atoms with Gasteiger partial charge in [0.2, 0.25) is 0 Å². The van der Waals surface area contributed by atoms with Crippen molar-refractivity contribution in [1.29, 1.82) is 0 Å². The van der Waals surface area contributed by atoms with Crippen LogP contribution >= 0.6 is 22.9 Å². The van der Waals surface area contributed by atoms with Gasteiger partial charge < -0.3 is 5.11 Å². The van der Waals surface area contributed by atoms with Gasteiger partial charge in [0.15, 0.2) is 0 Å². The van der Waals surface area contributed by atoms with E-state index in [1.807, 2.05) is 22.2 Å². The van der Waals surface area contributed by atoms with E-state index in [1.54, 1.807) is 17.5 Å². The summed E-state index contributed by atoms with van der Waals surface area (Å²) in [6.45, 7) is 0.539. The Hall–Kier alpha value is -1.24. The number of aromatic nitrogens is 1. The molecule has 2 aromatic heterocycles. The molecule has 0 fully saturated rings. The first kappa shape index (κ1) is 12.2. The highest BCUT2D eigenvalue weighted by molar-refractivity contribution is 7.08. The fourth-order valence-electron chi connectivity index (χ4n) is 1.45. The Morgan fingerprint density at radius 3 is 2.94 bits per heavy atom. The number of carboxylic acid groups (broad SMARTS) is 1. The maximum Gasteiger partial charge on any atom is 0.321 e. The van der Waals surface area contributed by atoms with Crippen molar-refractivity contribution in [3.05, 3.63) is 39.5 Å². The lowest BCUT2D eigenvalue weighted by Crippen LogP contribution is -2.37. The number of thiophene rings is 1. The molecule has 0 radical (unpaired) electrons. The van der Waals surface area contributed by atoms with Crippen LogP contribution < -0.4 is 5.32 Å². The van der Waals surface area contributed by atoms with E-state index in [0.717, 1.165) is 11.1 Å². The number of hydrogen-bond acceptors (Lipinski definition) is 5. The van der Waals surface area contributed by atoms with E-state index in [0.29, 0.717) is 13.0 Å².